The predicted octanol–water partition coefficient (Wildman–Crippen LogP) is 7.52. The van der Waals surface area contributed by atoms with E-state index in [1.54, 1.807) is 0 Å². The summed E-state index contributed by atoms with van der Waals surface area (Å²) in [4.78, 5) is 19.3. The first-order valence-electron chi connectivity index (χ1n) is 11.6. The second kappa shape index (κ2) is 7.67. The molecule has 0 aliphatic carbocycles. The van der Waals surface area contributed by atoms with Crippen LogP contribution in [0.3, 0.4) is 0 Å². The number of benzene rings is 3. The zero-order valence-corrected chi connectivity index (χ0v) is 19.1. The second-order valence-corrected chi connectivity index (χ2v) is 8.85. The Labute approximate surface area is 202 Å². The largest absolute Gasteiger partial charge is 0.254 e. The van der Waals surface area contributed by atoms with Crippen LogP contribution in [0.1, 0.15) is 5.56 Å². The van der Waals surface area contributed by atoms with Gasteiger partial charge in [-0.1, -0.05) is 60.7 Å². The number of hydrogen-bond acceptors (Lipinski definition) is 4. The average Bonchev–Trinajstić information content (AvgIpc) is 2.92. The molecule has 7 rings (SSSR count). The molecule has 0 atom stereocenters. The molecule has 0 bridgehead atoms. The molecule has 0 N–H and O–H groups in total. The molecule has 0 saturated carbocycles. The summed E-state index contributed by atoms with van der Waals surface area (Å²) in [5.74, 6) is 0. The van der Waals surface area contributed by atoms with Crippen molar-refractivity contribution in [1.82, 2.24) is 19.9 Å². The van der Waals surface area contributed by atoms with Gasteiger partial charge in [-0.2, -0.15) is 0 Å². The van der Waals surface area contributed by atoms with E-state index in [2.05, 4.69) is 95.8 Å². The van der Waals surface area contributed by atoms with Gasteiger partial charge in [-0.15, -0.1) is 0 Å². The lowest BCUT2D eigenvalue weighted by Gasteiger charge is -2.11. The highest BCUT2D eigenvalue weighted by molar-refractivity contribution is 6.04. The minimum atomic E-state index is 0.920. The number of aryl methyl sites for hydroxylation is 1. The summed E-state index contributed by atoms with van der Waals surface area (Å²) in [7, 11) is 0. The van der Waals surface area contributed by atoms with Crippen LogP contribution < -0.4 is 0 Å². The highest BCUT2D eigenvalue weighted by atomic mass is 14.8. The summed E-state index contributed by atoms with van der Waals surface area (Å²) < 4.78 is 0. The van der Waals surface area contributed by atoms with Crippen LogP contribution in [0.15, 0.2) is 103 Å². The van der Waals surface area contributed by atoms with E-state index >= 15 is 0 Å². The van der Waals surface area contributed by atoms with Gasteiger partial charge in [0.1, 0.15) is 0 Å². The summed E-state index contributed by atoms with van der Waals surface area (Å²) in [6, 6.07) is 31.4. The average molecular weight is 449 g/mol. The molecule has 4 heteroatoms. The van der Waals surface area contributed by atoms with Gasteiger partial charge in [-0.3, -0.25) is 9.97 Å². The van der Waals surface area contributed by atoms with Gasteiger partial charge < -0.3 is 0 Å². The van der Waals surface area contributed by atoms with E-state index in [0.717, 1.165) is 66.1 Å². The summed E-state index contributed by atoms with van der Waals surface area (Å²) in [5, 5.41) is 4.36. The topological polar surface area (TPSA) is 51.6 Å². The Morgan fingerprint density at radius 2 is 1.00 bits per heavy atom. The second-order valence-electron chi connectivity index (χ2n) is 8.85. The molecule has 0 radical (unpaired) electrons. The van der Waals surface area contributed by atoms with Gasteiger partial charge in [0.05, 0.1) is 33.5 Å². The Kier molecular flexibility index (Phi) is 4.33. The van der Waals surface area contributed by atoms with Crippen molar-refractivity contribution in [2.24, 2.45) is 0 Å². The lowest BCUT2D eigenvalue weighted by Crippen LogP contribution is -1.93. The maximum absolute atomic E-state index is 5.07. The van der Waals surface area contributed by atoms with Crippen molar-refractivity contribution in [3.63, 3.8) is 0 Å². The zero-order chi connectivity index (χ0) is 23.4. The number of hydrogen-bond donors (Lipinski definition) is 0. The van der Waals surface area contributed by atoms with Gasteiger partial charge >= 0.3 is 0 Å². The number of aromatic nitrogens is 4. The maximum Gasteiger partial charge on any atom is 0.0972 e. The highest BCUT2D eigenvalue weighted by Gasteiger charge is 2.11. The van der Waals surface area contributed by atoms with Crippen molar-refractivity contribution in [3.8, 4) is 22.5 Å². The van der Waals surface area contributed by atoms with Gasteiger partial charge in [-0.25, -0.2) is 9.97 Å². The fourth-order valence-corrected chi connectivity index (χ4v) is 4.82. The Hall–Kier alpha value is -4.70. The lowest BCUT2D eigenvalue weighted by molar-refractivity contribution is 1.34. The van der Waals surface area contributed by atoms with Crippen LogP contribution in [0.5, 0.6) is 0 Å². The molecular weight excluding hydrogens is 428 g/mol. The van der Waals surface area contributed by atoms with Gasteiger partial charge in [0.15, 0.2) is 0 Å². The fraction of sp³-hybridized carbons (Fsp3) is 0.0323. The van der Waals surface area contributed by atoms with E-state index in [4.69, 9.17) is 9.97 Å². The molecular formula is C31H20N4. The van der Waals surface area contributed by atoms with E-state index in [-0.39, 0.29) is 0 Å². The third-order valence-corrected chi connectivity index (χ3v) is 6.67. The zero-order valence-electron chi connectivity index (χ0n) is 19.1. The molecule has 164 valence electrons. The fourth-order valence-electron chi connectivity index (χ4n) is 4.82. The van der Waals surface area contributed by atoms with Crippen molar-refractivity contribution in [3.05, 3.63) is 109 Å². The smallest absolute Gasteiger partial charge is 0.0972 e. The molecule has 0 amide bonds. The molecule has 4 nitrogen and oxygen atoms in total. The van der Waals surface area contributed by atoms with Crippen LogP contribution in [-0.2, 0) is 0 Å². The van der Waals surface area contributed by atoms with Crippen LogP contribution in [0, 0.1) is 6.92 Å². The number of nitrogens with zero attached hydrogens (tertiary/aromatic N) is 4. The van der Waals surface area contributed by atoms with Crippen LogP contribution in [-0.4, -0.2) is 19.9 Å². The minimum Gasteiger partial charge on any atom is -0.254 e. The van der Waals surface area contributed by atoms with Gasteiger partial charge in [0.2, 0.25) is 0 Å². The standard InChI is InChI=1S/C31H20N4/c1-19-6-7-24(26-14-12-22-10-8-20-4-2-16-32-28(20)30(22)34-26)18-25(19)27-15-13-23-11-9-21-5-3-17-33-29(21)31(23)35-27/h2-18H,1H3. The summed E-state index contributed by atoms with van der Waals surface area (Å²) in [6.07, 6.45) is 3.65. The first-order valence-corrected chi connectivity index (χ1v) is 11.6. The predicted molar refractivity (Wildman–Crippen MR) is 143 cm³/mol. The Balaban J connectivity index is 1.40. The molecule has 0 saturated heterocycles. The monoisotopic (exact) mass is 448 g/mol. The van der Waals surface area contributed by atoms with E-state index in [1.165, 1.54) is 5.56 Å². The summed E-state index contributed by atoms with van der Waals surface area (Å²) in [5.41, 5.74) is 8.87. The normalized spacial score (nSPS) is 11.6. The SMILES string of the molecule is Cc1ccc(-c2ccc3ccc4cccnc4c3n2)cc1-c1ccc2ccc3cccnc3c2n1. The number of fused-ring (bicyclic) bond motifs is 6. The minimum absolute atomic E-state index is 0.920. The Morgan fingerprint density at radius 1 is 0.486 bits per heavy atom. The lowest BCUT2D eigenvalue weighted by atomic mass is 9.99. The van der Waals surface area contributed by atoms with E-state index in [0.29, 0.717) is 0 Å². The third-order valence-electron chi connectivity index (χ3n) is 6.67. The molecule has 4 heterocycles. The molecule has 35 heavy (non-hydrogen) atoms. The van der Waals surface area contributed by atoms with E-state index in [9.17, 15) is 0 Å². The number of pyridine rings is 4. The molecule has 0 fully saturated rings. The van der Waals surface area contributed by atoms with Crippen molar-refractivity contribution in [2.45, 2.75) is 6.92 Å². The van der Waals surface area contributed by atoms with Crippen molar-refractivity contribution in [2.75, 3.05) is 0 Å². The van der Waals surface area contributed by atoms with Crippen LogP contribution >= 0.6 is 0 Å². The van der Waals surface area contributed by atoms with Gasteiger partial charge in [0, 0.05) is 45.1 Å². The Bertz CT molecular complexity index is 1920. The molecule has 0 aliphatic rings. The molecule has 0 unspecified atom stereocenters. The van der Waals surface area contributed by atoms with Crippen LogP contribution in [0.25, 0.3) is 66.1 Å². The number of rotatable bonds is 2. The van der Waals surface area contributed by atoms with Crippen molar-refractivity contribution >= 4 is 43.6 Å². The Morgan fingerprint density at radius 3 is 1.63 bits per heavy atom. The molecule has 0 spiro atoms. The highest BCUT2D eigenvalue weighted by Crippen LogP contribution is 2.32. The maximum atomic E-state index is 5.07. The molecule has 4 aromatic heterocycles. The molecule has 0 aliphatic heterocycles. The van der Waals surface area contributed by atoms with Gasteiger partial charge in [-0.05, 0) is 42.8 Å². The summed E-state index contributed by atoms with van der Waals surface area (Å²) >= 11 is 0. The quantitative estimate of drug-likeness (QED) is 0.257. The molecule has 7 aromatic rings. The van der Waals surface area contributed by atoms with Crippen LogP contribution in [0.2, 0.25) is 0 Å². The first kappa shape index (κ1) is 19.7. The van der Waals surface area contributed by atoms with E-state index in [1.807, 2.05) is 24.5 Å². The van der Waals surface area contributed by atoms with Crippen LogP contribution in [0.4, 0.5) is 0 Å². The van der Waals surface area contributed by atoms with Gasteiger partial charge in [0.25, 0.3) is 0 Å². The van der Waals surface area contributed by atoms with Crippen molar-refractivity contribution < 1.29 is 0 Å². The van der Waals surface area contributed by atoms with E-state index < -0.39 is 0 Å². The molecule has 3 aromatic carbocycles. The summed E-state index contributed by atoms with van der Waals surface area (Å²) in [6.45, 7) is 2.12. The third kappa shape index (κ3) is 3.22. The van der Waals surface area contributed by atoms with Crippen molar-refractivity contribution in [1.29, 1.82) is 0 Å². The first-order chi connectivity index (χ1) is 17.2.